The first kappa shape index (κ1) is 27.6. The molecule has 0 heterocycles. The van der Waals surface area contributed by atoms with Crippen LogP contribution in [-0.4, -0.2) is 32.1 Å². The third-order valence-corrected chi connectivity index (χ3v) is 4.99. The Hall–Kier alpha value is -3.46. The van der Waals surface area contributed by atoms with Gasteiger partial charge in [0.1, 0.15) is 11.4 Å². The number of hydrogen-bond acceptors (Lipinski definition) is 7. The van der Waals surface area contributed by atoms with Crippen LogP contribution in [0.15, 0.2) is 36.4 Å². The average molecular weight is 459 g/mol. The Bertz CT molecular complexity index is 1050. The number of carbonyl (C=O) groups is 2. The van der Waals surface area contributed by atoms with Gasteiger partial charge >= 0.3 is 0 Å². The summed E-state index contributed by atoms with van der Waals surface area (Å²) >= 11 is 0. The predicted octanol–water partition coefficient (Wildman–Crippen LogP) is 4.46. The number of Topliss-reactive ketones (excluding diaryl/α,β-unsaturated/α-hetero) is 2. The molecule has 2 aromatic carbocycles. The zero-order valence-corrected chi connectivity index (χ0v) is 19.7. The molecule has 33 heavy (non-hydrogen) atoms. The molecular weight excluding hydrogens is 428 g/mol. The molecular formula is C24H30N2O7. The molecule has 178 valence electrons. The Balaban J connectivity index is 0.000000331. The zero-order chi connectivity index (χ0) is 25.5. The van der Waals surface area contributed by atoms with Gasteiger partial charge in [-0.05, 0) is 51.0 Å². The van der Waals surface area contributed by atoms with Crippen LogP contribution in [0, 0.1) is 40.0 Å². The highest BCUT2D eigenvalue weighted by molar-refractivity contribution is 5.88. The lowest BCUT2D eigenvalue weighted by Gasteiger charge is -2.15. The van der Waals surface area contributed by atoms with E-state index >= 15 is 0 Å². The van der Waals surface area contributed by atoms with E-state index in [1.54, 1.807) is 32.0 Å². The summed E-state index contributed by atoms with van der Waals surface area (Å²) in [6.45, 7) is 9.85. The first-order valence-corrected chi connectivity index (χ1v) is 10.4. The molecule has 0 atom stereocenters. The van der Waals surface area contributed by atoms with Crippen molar-refractivity contribution >= 4 is 22.9 Å². The number of rotatable bonds is 8. The van der Waals surface area contributed by atoms with Crippen molar-refractivity contribution in [3.8, 4) is 0 Å². The van der Waals surface area contributed by atoms with Crippen molar-refractivity contribution in [1.82, 2.24) is 0 Å². The average Bonchev–Trinajstić information content (AvgIpc) is 2.67. The predicted molar refractivity (Wildman–Crippen MR) is 124 cm³/mol. The normalized spacial score (nSPS) is 10.9. The third kappa shape index (κ3) is 8.53. The van der Waals surface area contributed by atoms with Crippen LogP contribution in [0.25, 0.3) is 0 Å². The smallest absolute Gasteiger partial charge is 0.272 e. The van der Waals surface area contributed by atoms with Crippen molar-refractivity contribution in [1.29, 1.82) is 0 Å². The number of hydrogen-bond donors (Lipinski definition) is 1. The molecule has 0 radical (unpaired) electrons. The molecule has 0 amide bonds. The summed E-state index contributed by atoms with van der Waals surface area (Å²) in [6, 6.07) is 9.32. The van der Waals surface area contributed by atoms with Crippen LogP contribution >= 0.6 is 0 Å². The molecule has 9 nitrogen and oxygen atoms in total. The molecule has 0 saturated carbocycles. The summed E-state index contributed by atoms with van der Waals surface area (Å²) in [5.41, 5.74) is 1.36. The molecule has 9 heteroatoms. The van der Waals surface area contributed by atoms with Gasteiger partial charge in [0, 0.05) is 42.0 Å². The number of aliphatic hydroxyl groups is 1. The molecule has 2 aromatic rings. The number of nitro benzene ring substituents is 2. The molecule has 0 unspecified atom stereocenters. The van der Waals surface area contributed by atoms with Gasteiger partial charge < -0.3 is 5.11 Å². The fourth-order valence-corrected chi connectivity index (χ4v) is 2.87. The topological polar surface area (TPSA) is 141 Å². The van der Waals surface area contributed by atoms with Gasteiger partial charge in [-0.3, -0.25) is 29.8 Å². The van der Waals surface area contributed by atoms with Crippen LogP contribution in [0.3, 0.4) is 0 Å². The van der Waals surface area contributed by atoms with Crippen molar-refractivity contribution < 1.29 is 24.5 Å². The van der Waals surface area contributed by atoms with Gasteiger partial charge in [-0.2, -0.15) is 0 Å². The summed E-state index contributed by atoms with van der Waals surface area (Å²) in [5, 5.41) is 30.7. The molecule has 2 rings (SSSR count). The van der Waals surface area contributed by atoms with Gasteiger partial charge in [-0.1, -0.05) is 26.0 Å². The highest BCUT2D eigenvalue weighted by Gasteiger charge is 2.24. The van der Waals surface area contributed by atoms with E-state index in [-0.39, 0.29) is 35.3 Å². The minimum Gasteiger partial charge on any atom is -0.383 e. The lowest BCUT2D eigenvalue weighted by molar-refractivity contribution is -0.385. The largest absolute Gasteiger partial charge is 0.383 e. The van der Waals surface area contributed by atoms with Gasteiger partial charge in [-0.15, -0.1) is 0 Å². The molecule has 0 aliphatic carbocycles. The number of nitro groups is 2. The number of ketones is 2. The Morgan fingerprint density at radius 2 is 1.27 bits per heavy atom. The van der Waals surface area contributed by atoms with E-state index in [0.717, 1.165) is 5.56 Å². The van der Waals surface area contributed by atoms with E-state index in [2.05, 4.69) is 0 Å². The number of aryl methyl sites for hydroxylation is 2. The maximum atomic E-state index is 11.6. The standard InChI is InChI=1S/C12H15NO4.C12H15NO3/c1-8-6-9(4-5-10(8)13(16)17)7-11(14)12(2,3)15;1-8(2)12(14)7-10-4-5-11(13(15)16)9(3)6-10/h4-6,15H,7H2,1-3H3;4-6,8H,7H2,1-3H3. The summed E-state index contributed by atoms with van der Waals surface area (Å²) < 4.78 is 0. The van der Waals surface area contributed by atoms with Crippen molar-refractivity contribution in [3.63, 3.8) is 0 Å². The fraction of sp³-hybridized carbons (Fsp3) is 0.417. The van der Waals surface area contributed by atoms with Crippen molar-refractivity contribution in [3.05, 3.63) is 78.9 Å². The SMILES string of the molecule is Cc1cc(CC(=O)C(C)(C)O)ccc1[N+](=O)[O-].Cc1cc(CC(=O)C(C)C)ccc1[N+](=O)[O-]. The second-order valence-corrected chi connectivity index (χ2v) is 8.71. The zero-order valence-electron chi connectivity index (χ0n) is 19.7. The van der Waals surface area contributed by atoms with Crippen molar-refractivity contribution in [2.45, 2.75) is 60.0 Å². The Morgan fingerprint density at radius 1 is 0.879 bits per heavy atom. The van der Waals surface area contributed by atoms with Crippen LogP contribution in [0.5, 0.6) is 0 Å². The quantitative estimate of drug-likeness (QED) is 0.455. The minimum atomic E-state index is -1.38. The van der Waals surface area contributed by atoms with Gasteiger partial charge in [0.05, 0.1) is 9.85 Å². The van der Waals surface area contributed by atoms with Crippen LogP contribution in [0.2, 0.25) is 0 Å². The van der Waals surface area contributed by atoms with Crippen LogP contribution in [0.1, 0.15) is 49.9 Å². The first-order valence-electron chi connectivity index (χ1n) is 10.4. The van der Waals surface area contributed by atoms with Gasteiger partial charge in [0.25, 0.3) is 11.4 Å². The maximum Gasteiger partial charge on any atom is 0.272 e. The second-order valence-electron chi connectivity index (χ2n) is 8.71. The monoisotopic (exact) mass is 458 g/mol. The third-order valence-electron chi connectivity index (χ3n) is 4.99. The highest BCUT2D eigenvalue weighted by atomic mass is 16.6. The number of benzene rings is 2. The lowest BCUT2D eigenvalue weighted by atomic mass is 9.96. The number of carbonyl (C=O) groups excluding carboxylic acids is 2. The minimum absolute atomic E-state index is 0.00417. The summed E-state index contributed by atoms with van der Waals surface area (Å²) in [6.07, 6.45) is 0.416. The number of nitrogens with zero attached hydrogens (tertiary/aromatic N) is 2. The first-order chi connectivity index (χ1) is 15.1. The molecule has 0 aliphatic heterocycles. The van der Waals surface area contributed by atoms with E-state index in [0.29, 0.717) is 23.1 Å². The Kier molecular flexibility index (Phi) is 9.54. The van der Waals surface area contributed by atoms with Gasteiger partial charge in [0.2, 0.25) is 0 Å². The van der Waals surface area contributed by atoms with Gasteiger partial charge in [0.15, 0.2) is 5.78 Å². The van der Waals surface area contributed by atoms with Crippen LogP contribution in [0.4, 0.5) is 11.4 Å². The molecule has 0 aromatic heterocycles. The molecule has 1 N–H and O–H groups in total. The molecule has 0 spiro atoms. The Labute approximate surface area is 192 Å². The van der Waals surface area contributed by atoms with E-state index in [1.165, 1.54) is 32.0 Å². The fourth-order valence-electron chi connectivity index (χ4n) is 2.87. The molecule has 0 saturated heterocycles. The van der Waals surface area contributed by atoms with Gasteiger partial charge in [-0.25, -0.2) is 0 Å². The summed E-state index contributed by atoms with van der Waals surface area (Å²) in [4.78, 5) is 43.4. The highest BCUT2D eigenvalue weighted by Crippen LogP contribution is 2.21. The van der Waals surface area contributed by atoms with Crippen molar-refractivity contribution in [2.75, 3.05) is 0 Å². The van der Waals surface area contributed by atoms with E-state index in [4.69, 9.17) is 0 Å². The second kappa shape index (κ2) is 11.4. The Morgan fingerprint density at radius 3 is 1.58 bits per heavy atom. The van der Waals surface area contributed by atoms with E-state index in [1.807, 2.05) is 13.8 Å². The molecule has 0 aliphatic rings. The maximum absolute atomic E-state index is 11.6. The summed E-state index contributed by atoms with van der Waals surface area (Å²) in [5.74, 6) is -0.172. The molecule has 0 fully saturated rings. The van der Waals surface area contributed by atoms with Crippen LogP contribution in [-0.2, 0) is 22.4 Å². The van der Waals surface area contributed by atoms with E-state index in [9.17, 15) is 34.9 Å². The van der Waals surface area contributed by atoms with E-state index < -0.39 is 15.4 Å². The molecule has 0 bridgehead atoms. The van der Waals surface area contributed by atoms with Crippen LogP contribution < -0.4 is 0 Å². The van der Waals surface area contributed by atoms with Crippen molar-refractivity contribution in [2.24, 2.45) is 5.92 Å². The summed E-state index contributed by atoms with van der Waals surface area (Å²) in [7, 11) is 0. The lowest BCUT2D eigenvalue weighted by Crippen LogP contribution is -2.32.